The summed E-state index contributed by atoms with van der Waals surface area (Å²) in [6.45, 7) is 2.89. The Morgan fingerprint density at radius 1 is 1.53 bits per heavy atom. The van der Waals surface area contributed by atoms with Gasteiger partial charge in [0.05, 0.1) is 4.92 Å². The molecule has 0 amide bonds. The van der Waals surface area contributed by atoms with E-state index in [1.807, 2.05) is 0 Å². The number of likely N-dealkylation sites (tertiary alicyclic amines) is 1. The third kappa shape index (κ3) is 3.21. The van der Waals surface area contributed by atoms with Gasteiger partial charge in [-0.1, -0.05) is 6.07 Å². The van der Waals surface area contributed by atoms with Crippen molar-refractivity contribution in [3.05, 3.63) is 33.9 Å². The molecule has 0 saturated carbocycles. The molecule has 104 valence electrons. The molecule has 2 N–H and O–H groups in total. The van der Waals surface area contributed by atoms with Crippen LogP contribution in [0, 0.1) is 10.1 Å². The quantitative estimate of drug-likeness (QED) is 0.504. The molecule has 1 aromatic rings. The summed E-state index contributed by atoms with van der Waals surface area (Å²) in [7, 11) is 4.19. The third-order valence-electron chi connectivity index (χ3n) is 3.67. The Morgan fingerprint density at radius 3 is 2.79 bits per heavy atom. The summed E-state index contributed by atoms with van der Waals surface area (Å²) >= 11 is 0. The van der Waals surface area contributed by atoms with E-state index in [0.717, 1.165) is 31.6 Å². The highest BCUT2D eigenvalue weighted by Gasteiger charge is 2.24. The minimum Gasteiger partial charge on any atom is -0.393 e. The number of hydrogen-bond donors (Lipinski definition) is 1. The predicted octanol–water partition coefficient (Wildman–Crippen LogP) is 1.31. The second-order valence-corrected chi connectivity index (χ2v) is 5.29. The molecular weight excluding hydrogens is 244 g/mol. The molecule has 0 spiro atoms. The molecule has 1 aliphatic rings. The van der Waals surface area contributed by atoms with Gasteiger partial charge < -0.3 is 10.6 Å². The average molecular weight is 264 g/mol. The lowest BCUT2D eigenvalue weighted by Crippen LogP contribution is -2.31. The molecule has 0 radical (unpaired) electrons. The van der Waals surface area contributed by atoms with Gasteiger partial charge in [0.15, 0.2) is 0 Å². The number of nitro benzene ring substituents is 1. The fourth-order valence-electron chi connectivity index (χ4n) is 2.50. The van der Waals surface area contributed by atoms with Gasteiger partial charge in [0.2, 0.25) is 0 Å². The van der Waals surface area contributed by atoms with Gasteiger partial charge in [-0.25, -0.2) is 0 Å². The van der Waals surface area contributed by atoms with Crippen LogP contribution in [0.15, 0.2) is 18.2 Å². The van der Waals surface area contributed by atoms with E-state index in [-0.39, 0.29) is 11.4 Å². The molecule has 19 heavy (non-hydrogen) atoms. The van der Waals surface area contributed by atoms with Gasteiger partial charge in [-0.3, -0.25) is 15.0 Å². The van der Waals surface area contributed by atoms with E-state index < -0.39 is 4.92 Å². The lowest BCUT2D eigenvalue weighted by molar-refractivity contribution is -0.383. The van der Waals surface area contributed by atoms with E-state index in [9.17, 15) is 10.1 Å². The Labute approximate surface area is 112 Å². The maximum absolute atomic E-state index is 10.7. The fourth-order valence-corrected chi connectivity index (χ4v) is 2.50. The number of nitro groups is 1. The summed E-state index contributed by atoms with van der Waals surface area (Å²) in [6, 6.07) is 5.58. The number of benzene rings is 1. The third-order valence-corrected chi connectivity index (χ3v) is 3.67. The second kappa shape index (κ2) is 5.54. The first kappa shape index (κ1) is 13.8. The molecule has 0 aromatic heterocycles. The first-order chi connectivity index (χ1) is 8.97. The highest BCUT2D eigenvalue weighted by atomic mass is 16.6. The van der Waals surface area contributed by atoms with Crippen LogP contribution in [0.4, 0.5) is 11.4 Å². The minimum absolute atomic E-state index is 0.0173. The molecule has 6 heteroatoms. The van der Waals surface area contributed by atoms with Gasteiger partial charge in [-0.2, -0.15) is 0 Å². The fraction of sp³-hybridized carbons (Fsp3) is 0.538. The monoisotopic (exact) mass is 264 g/mol. The van der Waals surface area contributed by atoms with E-state index in [0.29, 0.717) is 6.04 Å². The van der Waals surface area contributed by atoms with Crippen LogP contribution in [-0.2, 0) is 6.54 Å². The van der Waals surface area contributed by atoms with Crippen molar-refractivity contribution in [2.24, 2.45) is 0 Å². The van der Waals surface area contributed by atoms with Crippen molar-refractivity contribution in [2.75, 3.05) is 32.9 Å². The van der Waals surface area contributed by atoms with Gasteiger partial charge in [0, 0.05) is 31.7 Å². The van der Waals surface area contributed by atoms with Gasteiger partial charge in [0.1, 0.15) is 5.69 Å². The van der Waals surface area contributed by atoms with Crippen molar-refractivity contribution in [3.63, 3.8) is 0 Å². The number of nitrogen functional groups attached to an aromatic ring is 1. The van der Waals surface area contributed by atoms with E-state index in [4.69, 9.17) is 5.73 Å². The number of anilines is 1. The Morgan fingerprint density at radius 2 is 2.26 bits per heavy atom. The van der Waals surface area contributed by atoms with Crippen molar-refractivity contribution in [3.8, 4) is 0 Å². The Kier molecular flexibility index (Phi) is 4.01. The van der Waals surface area contributed by atoms with Crippen molar-refractivity contribution in [2.45, 2.75) is 19.0 Å². The SMILES string of the molecule is CN(C)C1CCN(Cc2ccc([N+](=O)[O-])c(N)c2)C1. The molecule has 0 aliphatic carbocycles. The van der Waals surface area contributed by atoms with Crippen molar-refractivity contribution < 1.29 is 4.92 Å². The number of nitrogens with two attached hydrogens (primary N) is 1. The maximum atomic E-state index is 10.7. The summed E-state index contributed by atoms with van der Waals surface area (Å²) in [6.07, 6.45) is 1.16. The standard InChI is InChI=1S/C13H20N4O2/c1-15(2)11-5-6-16(9-11)8-10-3-4-13(17(18)19)12(14)7-10/h3-4,7,11H,5-6,8-9,14H2,1-2H3. The molecule has 1 heterocycles. The van der Waals surface area contributed by atoms with Crippen LogP contribution in [0.1, 0.15) is 12.0 Å². The lowest BCUT2D eigenvalue weighted by Gasteiger charge is -2.20. The molecule has 2 rings (SSSR count). The normalized spacial score (nSPS) is 20.1. The summed E-state index contributed by atoms with van der Waals surface area (Å²) in [4.78, 5) is 14.9. The highest BCUT2D eigenvalue weighted by Crippen LogP contribution is 2.24. The number of rotatable bonds is 4. The smallest absolute Gasteiger partial charge is 0.292 e. The molecule has 1 aromatic carbocycles. The molecule has 6 nitrogen and oxygen atoms in total. The molecule has 1 aliphatic heterocycles. The molecule has 1 saturated heterocycles. The zero-order valence-corrected chi connectivity index (χ0v) is 11.4. The van der Waals surface area contributed by atoms with Gasteiger partial charge >= 0.3 is 0 Å². The maximum Gasteiger partial charge on any atom is 0.292 e. The first-order valence-electron chi connectivity index (χ1n) is 6.39. The van der Waals surface area contributed by atoms with Gasteiger partial charge in [-0.15, -0.1) is 0 Å². The number of likely N-dealkylation sites (N-methyl/N-ethyl adjacent to an activating group) is 1. The summed E-state index contributed by atoms with van der Waals surface area (Å²) < 4.78 is 0. The summed E-state index contributed by atoms with van der Waals surface area (Å²) in [5.41, 5.74) is 6.96. The van der Waals surface area contributed by atoms with E-state index >= 15 is 0 Å². The molecule has 1 atom stereocenters. The number of hydrogen-bond acceptors (Lipinski definition) is 5. The van der Waals surface area contributed by atoms with Gasteiger partial charge in [0.25, 0.3) is 5.69 Å². The first-order valence-corrected chi connectivity index (χ1v) is 6.39. The van der Waals surface area contributed by atoms with E-state index in [1.165, 1.54) is 6.07 Å². The van der Waals surface area contributed by atoms with Crippen LogP contribution >= 0.6 is 0 Å². The Hall–Kier alpha value is -1.66. The Bertz CT molecular complexity index is 476. The zero-order chi connectivity index (χ0) is 14.0. The van der Waals surface area contributed by atoms with Gasteiger partial charge in [-0.05, 0) is 32.1 Å². The molecule has 0 bridgehead atoms. The van der Waals surface area contributed by atoms with Crippen LogP contribution < -0.4 is 5.73 Å². The average Bonchev–Trinajstić information content (AvgIpc) is 2.77. The predicted molar refractivity (Wildman–Crippen MR) is 74.9 cm³/mol. The second-order valence-electron chi connectivity index (χ2n) is 5.29. The van der Waals surface area contributed by atoms with Crippen molar-refractivity contribution in [1.82, 2.24) is 9.80 Å². The molecular formula is C13H20N4O2. The highest BCUT2D eigenvalue weighted by molar-refractivity contribution is 5.59. The topological polar surface area (TPSA) is 75.6 Å². The number of nitrogens with zero attached hydrogens (tertiary/aromatic N) is 3. The molecule has 1 unspecified atom stereocenters. The minimum atomic E-state index is -0.447. The zero-order valence-electron chi connectivity index (χ0n) is 11.4. The van der Waals surface area contributed by atoms with Crippen molar-refractivity contribution >= 4 is 11.4 Å². The largest absolute Gasteiger partial charge is 0.393 e. The van der Waals surface area contributed by atoms with Crippen LogP contribution in [0.5, 0.6) is 0 Å². The van der Waals surface area contributed by atoms with E-state index in [2.05, 4.69) is 23.9 Å². The van der Waals surface area contributed by atoms with Crippen LogP contribution in [0.2, 0.25) is 0 Å². The van der Waals surface area contributed by atoms with Crippen LogP contribution in [0.25, 0.3) is 0 Å². The lowest BCUT2D eigenvalue weighted by atomic mass is 10.1. The van der Waals surface area contributed by atoms with Crippen LogP contribution in [-0.4, -0.2) is 47.9 Å². The van der Waals surface area contributed by atoms with E-state index in [1.54, 1.807) is 12.1 Å². The summed E-state index contributed by atoms with van der Waals surface area (Å²) in [5.74, 6) is 0. The molecule has 1 fully saturated rings. The Balaban J connectivity index is 2.01. The summed E-state index contributed by atoms with van der Waals surface area (Å²) in [5, 5.41) is 10.7. The van der Waals surface area contributed by atoms with Crippen LogP contribution in [0.3, 0.4) is 0 Å². The van der Waals surface area contributed by atoms with Crippen molar-refractivity contribution in [1.29, 1.82) is 0 Å².